The van der Waals surface area contributed by atoms with Crippen molar-refractivity contribution in [3.05, 3.63) is 23.8 Å². The largest absolute Gasteiger partial charge is 0.495 e. The van der Waals surface area contributed by atoms with E-state index in [1.165, 1.54) is 7.11 Å². The molecule has 4 heteroatoms. The van der Waals surface area contributed by atoms with Gasteiger partial charge in [0.05, 0.1) is 18.2 Å². The zero-order chi connectivity index (χ0) is 11.6. The molecule has 0 saturated carbocycles. The first kappa shape index (κ1) is 11.4. The lowest BCUT2D eigenvalue weighted by Gasteiger charge is -2.20. The normalized spacial score (nSPS) is 11.1. The Bertz CT molecular complexity index is 385. The maximum Gasteiger partial charge on any atom is 0.313 e. The number of hydrogen-bond acceptors (Lipinski definition) is 3. The lowest BCUT2D eigenvalue weighted by atomic mass is 9.84. The van der Waals surface area contributed by atoms with Crippen molar-refractivity contribution >= 4 is 11.7 Å². The van der Waals surface area contributed by atoms with Gasteiger partial charge in [-0.2, -0.15) is 0 Å². The molecule has 0 aliphatic carbocycles. The first-order valence-electron chi connectivity index (χ1n) is 4.57. The average Bonchev–Trinajstić information content (AvgIpc) is 2.18. The van der Waals surface area contributed by atoms with Crippen molar-refractivity contribution in [3.8, 4) is 5.75 Å². The number of anilines is 1. The molecule has 0 aliphatic rings. The molecule has 0 aliphatic heterocycles. The minimum absolute atomic E-state index is 0.502. The third kappa shape index (κ3) is 2.03. The summed E-state index contributed by atoms with van der Waals surface area (Å²) in [6, 6.07) is 5.01. The topological polar surface area (TPSA) is 72.5 Å². The van der Waals surface area contributed by atoms with Crippen molar-refractivity contribution in [2.24, 2.45) is 0 Å². The molecule has 0 atom stereocenters. The van der Waals surface area contributed by atoms with E-state index in [1.54, 1.807) is 32.0 Å². The molecule has 0 heterocycles. The van der Waals surface area contributed by atoms with Crippen LogP contribution in [0.15, 0.2) is 18.2 Å². The number of carboxylic acids is 1. The van der Waals surface area contributed by atoms with Gasteiger partial charge in [0.25, 0.3) is 0 Å². The van der Waals surface area contributed by atoms with Gasteiger partial charge in [0, 0.05) is 0 Å². The van der Waals surface area contributed by atoms with Crippen LogP contribution in [-0.4, -0.2) is 18.2 Å². The van der Waals surface area contributed by atoms with Gasteiger partial charge in [-0.25, -0.2) is 0 Å². The SMILES string of the molecule is COc1cc(C(C)(C)C(=O)O)ccc1N. The van der Waals surface area contributed by atoms with Crippen LogP contribution in [0.1, 0.15) is 19.4 Å². The number of aliphatic carboxylic acids is 1. The van der Waals surface area contributed by atoms with Crippen LogP contribution in [-0.2, 0) is 10.2 Å². The monoisotopic (exact) mass is 209 g/mol. The average molecular weight is 209 g/mol. The van der Waals surface area contributed by atoms with Gasteiger partial charge >= 0.3 is 5.97 Å². The standard InChI is InChI=1S/C11H15NO3/c1-11(2,10(13)14)7-4-5-8(12)9(6-7)15-3/h4-6H,12H2,1-3H3,(H,13,14). The predicted molar refractivity (Wildman–Crippen MR) is 58.1 cm³/mol. The van der Waals surface area contributed by atoms with Crippen LogP contribution in [0.2, 0.25) is 0 Å². The first-order valence-corrected chi connectivity index (χ1v) is 4.57. The smallest absolute Gasteiger partial charge is 0.313 e. The number of carbonyl (C=O) groups is 1. The van der Waals surface area contributed by atoms with E-state index in [0.29, 0.717) is 17.0 Å². The van der Waals surface area contributed by atoms with Gasteiger partial charge in [-0.15, -0.1) is 0 Å². The van der Waals surface area contributed by atoms with E-state index in [9.17, 15) is 4.79 Å². The van der Waals surface area contributed by atoms with E-state index in [2.05, 4.69) is 0 Å². The van der Waals surface area contributed by atoms with Gasteiger partial charge in [-0.1, -0.05) is 6.07 Å². The van der Waals surface area contributed by atoms with Gasteiger partial charge in [0.15, 0.2) is 0 Å². The van der Waals surface area contributed by atoms with Crippen LogP contribution in [0, 0.1) is 0 Å². The summed E-state index contributed by atoms with van der Waals surface area (Å²) in [5.74, 6) is -0.379. The van der Waals surface area contributed by atoms with Crippen molar-refractivity contribution in [1.82, 2.24) is 0 Å². The molecule has 0 radical (unpaired) electrons. The summed E-state index contributed by atoms with van der Waals surface area (Å²) in [5, 5.41) is 9.06. The van der Waals surface area contributed by atoms with E-state index in [0.717, 1.165) is 0 Å². The van der Waals surface area contributed by atoms with Crippen molar-refractivity contribution in [1.29, 1.82) is 0 Å². The molecular formula is C11H15NO3. The van der Waals surface area contributed by atoms with Gasteiger partial charge < -0.3 is 15.6 Å². The molecule has 1 rings (SSSR count). The fourth-order valence-electron chi connectivity index (χ4n) is 1.22. The number of hydrogen-bond donors (Lipinski definition) is 2. The Hall–Kier alpha value is -1.71. The molecule has 82 valence electrons. The summed E-state index contributed by atoms with van der Waals surface area (Å²) in [4.78, 5) is 11.0. The summed E-state index contributed by atoms with van der Waals surface area (Å²) in [6.45, 7) is 3.28. The molecule has 3 N–H and O–H groups in total. The summed E-state index contributed by atoms with van der Waals surface area (Å²) < 4.78 is 5.04. The first-order chi connectivity index (χ1) is 6.89. The molecule has 0 amide bonds. The molecule has 0 spiro atoms. The Morgan fingerprint density at radius 1 is 1.47 bits per heavy atom. The second-order valence-corrected chi connectivity index (χ2v) is 3.89. The van der Waals surface area contributed by atoms with E-state index in [1.807, 2.05) is 0 Å². The third-order valence-corrected chi connectivity index (χ3v) is 2.49. The van der Waals surface area contributed by atoms with Crippen molar-refractivity contribution in [2.75, 3.05) is 12.8 Å². The molecule has 0 unspecified atom stereocenters. The van der Waals surface area contributed by atoms with Crippen LogP contribution < -0.4 is 10.5 Å². The minimum atomic E-state index is -0.943. The van der Waals surface area contributed by atoms with Crippen LogP contribution in [0.3, 0.4) is 0 Å². The molecule has 0 bridgehead atoms. The number of methoxy groups -OCH3 is 1. The van der Waals surface area contributed by atoms with Gasteiger partial charge in [-0.3, -0.25) is 4.79 Å². The second kappa shape index (κ2) is 3.81. The Morgan fingerprint density at radius 3 is 2.53 bits per heavy atom. The fourth-order valence-corrected chi connectivity index (χ4v) is 1.22. The summed E-state index contributed by atoms with van der Waals surface area (Å²) in [6.07, 6.45) is 0. The van der Waals surface area contributed by atoms with Crippen molar-refractivity contribution in [2.45, 2.75) is 19.3 Å². The van der Waals surface area contributed by atoms with Crippen molar-refractivity contribution < 1.29 is 14.6 Å². The van der Waals surface area contributed by atoms with Crippen LogP contribution >= 0.6 is 0 Å². The molecule has 0 aromatic heterocycles. The number of ether oxygens (including phenoxy) is 1. The fraction of sp³-hybridized carbons (Fsp3) is 0.364. The van der Waals surface area contributed by atoms with E-state index in [4.69, 9.17) is 15.6 Å². The van der Waals surface area contributed by atoms with Crippen molar-refractivity contribution in [3.63, 3.8) is 0 Å². The number of nitrogen functional groups attached to an aromatic ring is 1. The minimum Gasteiger partial charge on any atom is -0.495 e. The van der Waals surface area contributed by atoms with Crippen LogP contribution in [0.25, 0.3) is 0 Å². The molecule has 4 nitrogen and oxygen atoms in total. The highest BCUT2D eigenvalue weighted by molar-refractivity contribution is 5.80. The lowest BCUT2D eigenvalue weighted by Crippen LogP contribution is -2.28. The zero-order valence-electron chi connectivity index (χ0n) is 9.07. The van der Waals surface area contributed by atoms with E-state index < -0.39 is 11.4 Å². The van der Waals surface area contributed by atoms with E-state index >= 15 is 0 Å². The summed E-state index contributed by atoms with van der Waals surface area (Å²) >= 11 is 0. The predicted octanol–water partition coefficient (Wildman–Crippen LogP) is 1.64. The van der Waals surface area contributed by atoms with Crippen LogP contribution in [0.5, 0.6) is 5.75 Å². The number of nitrogens with two attached hydrogens (primary N) is 1. The molecule has 0 fully saturated rings. The Kier molecular flexibility index (Phi) is 2.88. The highest BCUT2D eigenvalue weighted by Gasteiger charge is 2.29. The molecule has 1 aromatic carbocycles. The van der Waals surface area contributed by atoms with E-state index in [-0.39, 0.29) is 0 Å². The molecule has 0 saturated heterocycles. The molecular weight excluding hydrogens is 194 g/mol. The second-order valence-electron chi connectivity index (χ2n) is 3.89. The summed E-state index contributed by atoms with van der Waals surface area (Å²) in [7, 11) is 1.50. The number of rotatable bonds is 3. The maximum atomic E-state index is 11.0. The lowest BCUT2D eigenvalue weighted by molar-refractivity contribution is -0.142. The van der Waals surface area contributed by atoms with Gasteiger partial charge in [0.1, 0.15) is 5.75 Å². The Balaban J connectivity index is 3.22. The highest BCUT2D eigenvalue weighted by Crippen LogP contribution is 2.30. The maximum absolute atomic E-state index is 11.0. The Morgan fingerprint density at radius 2 is 2.07 bits per heavy atom. The number of carboxylic acid groups (broad SMARTS) is 1. The summed E-state index contributed by atoms with van der Waals surface area (Å²) in [5.41, 5.74) is 5.87. The number of benzene rings is 1. The molecule has 1 aromatic rings. The third-order valence-electron chi connectivity index (χ3n) is 2.49. The van der Waals surface area contributed by atoms with Crippen LogP contribution in [0.4, 0.5) is 5.69 Å². The van der Waals surface area contributed by atoms with Gasteiger partial charge in [0.2, 0.25) is 0 Å². The quantitative estimate of drug-likeness (QED) is 0.742. The highest BCUT2D eigenvalue weighted by atomic mass is 16.5. The zero-order valence-corrected chi connectivity index (χ0v) is 9.07. The molecule has 15 heavy (non-hydrogen) atoms. The Labute approximate surface area is 88.7 Å². The van der Waals surface area contributed by atoms with Gasteiger partial charge in [-0.05, 0) is 31.5 Å².